The molecule has 0 aliphatic rings. The third-order valence-electron chi connectivity index (χ3n) is 1.68. The molecule has 0 fully saturated rings. The highest BCUT2D eigenvalue weighted by atomic mass is 16.7. The topological polar surface area (TPSA) is 55.6 Å². The lowest BCUT2D eigenvalue weighted by atomic mass is 10.1. The Balaban J connectivity index is 3.44. The molecule has 0 saturated carbocycles. The Morgan fingerprint density at radius 1 is 1.67 bits per heavy atom. The van der Waals surface area contributed by atoms with Crippen molar-refractivity contribution in [1.29, 1.82) is 0 Å². The van der Waals surface area contributed by atoms with Crippen LogP contribution in [0.15, 0.2) is 0 Å². The van der Waals surface area contributed by atoms with E-state index in [2.05, 4.69) is 0 Å². The Morgan fingerprint density at radius 2 is 2.25 bits per heavy atom. The van der Waals surface area contributed by atoms with Gasteiger partial charge in [0, 0.05) is 19.5 Å². The molecule has 1 atom stereocenters. The number of amides is 1. The predicted molar refractivity (Wildman–Crippen MR) is 47.3 cm³/mol. The highest BCUT2D eigenvalue weighted by Gasteiger charge is 2.07. The van der Waals surface area contributed by atoms with Gasteiger partial charge in [0.2, 0.25) is 5.91 Å². The van der Waals surface area contributed by atoms with Crippen LogP contribution in [0.5, 0.6) is 0 Å². The number of nitrogens with zero attached hydrogens (tertiary/aromatic N) is 1. The highest BCUT2D eigenvalue weighted by Crippen LogP contribution is 2.01. The van der Waals surface area contributed by atoms with Gasteiger partial charge in [-0.3, -0.25) is 9.63 Å². The van der Waals surface area contributed by atoms with Crippen LogP contribution in [0, 0.1) is 0 Å². The summed E-state index contributed by atoms with van der Waals surface area (Å²) in [5.41, 5.74) is 5.53. The normalized spacial score (nSPS) is 12.7. The lowest BCUT2D eigenvalue weighted by Gasteiger charge is -2.13. The monoisotopic (exact) mass is 174 g/mol. The van der Waals surface area contributed by atoms with Crippen molar-refractivity contribution in [2.24, 2.45) is 5.73 Å². The molecule has 2 N–H and O–H groups in total. The van der Waals surface area contributed by atoms with E-state index in [-0.39, 0.29) is 11.9 Å². The zero-order valence-electron chi connectivity index (χ0n) is 8.04. The van der Waals surface area contributed by atoms with Crippen LogP contribution >= 0.6 is 0 Å². The van der Waals surface area contributed by atoms with Gasteiger partial charge in [0.15, 0.2) is 0 Å². The molecule has 0 aromatic rings. The van der Waals surface area contributed by atoms with Gasteiger partial charge >= 0.3 is 0 Å². The maximum absolute atomic E-state index is 11.1. The van der Waals surface area contributed by atoms with Crippen LogP contribution in [-0.4, -0.2) is 31.2 Å². The lowest BCUT2D eigenvalue weighted by Crippen LogP contribution is -2.25. The number of rotatable bonds is 5. The standard InChI is InChI=1S/C8H18N2O2/c1-7(9)5-4-6-8(11)10(2)12-3/h7H,4-6,9H2,1-3H3. The molecular formula is C8H18N2O2. The van der Waals surface area contributed by atoms with E-state index in [4.69, 9.17) is 10.6 Å². The molecule has 72 valence electrons. The van der Waals surface area contributed by atoms with Crippen LogP contribution < -0.4 is 5.73 Å². The van der Waals surface area contributed by atoms with E-state index in [0.717, 1.165) is 12.8 Å². The zero-order valence-corrected chi connectivity index (χ0v) is 8.04. The first-order valence-corrected chi connectivity index (χ1v) is 4.14. The van der Waals surface area contributed by atoms with Gasteiger partial charge in [0.25, 0.3) is 0 Å². The maximum Gasteiger partial charge on any atom is 0.245 e. The molecule has 0 aromatic carbocycles. The minimum atomic E-state index is -0.00171. The summed E-state index contributed by atoms with van der Waals surface area (Å²) in [6.07, 6.45) is 2.21. The van der Waals surface area contributed by atoms with Crippen molar-refractivity contribution in [1.82, 2.24) is 5.06 Å². The molecule has 0 aromatic heterocycles. The van der Waals surface area contributed by atoms with E-state index in [1.165, 1.54) is 12.2 Å². The fourth-order valence-corrected chi connectivity index (χ4v) is 0.835. The number of hydrogen-bond donors (Lipinski definition) is 1. The molecule has 4 heteroatoms. The molecule has 0 aliphatic carbocycles. The molecule has 1 amide bonds. The summed E-state index contributed by atoms with van der Waals surface area (Å²) in [4.78, 5) is 15.8. The van der Waals surface area contributed by atoms with Gasteiger partial charge in [-0.05, 0) is 19.8 Å². The molecular weight excluding hydrogens is 156 g/mol. The van der Waals surface area contributed by atoms with Gasteiger partial charge in [-0.2, -0.15) is 0 Å². The molecule has 0 rings (SSSR count). The molecule has 0 heterocycles. The van der Waals surface area contributed by atoms with Gasteiger partial charge in [-0.25, -0.2) is 5.06 Å². The van der Waals surface area contributed by atoms with E-state index in [9.17, 15) is 4.79 Å². The Morgan fingerprint density at radius 3 is 2.67 bits per heavy atom. The third-order valence-corrected chi connectivity index (χ3v) is 1.68. The Labute approximate surface area is 73.6 Å². The van der Waals surface area contributed by atoms with E-state index in [0.29, 0.717) is 6.42 Å². The van der Waals surface area contributed by atoms with Crippen molar-refractivity contribution in [2.45, 2.75) is 32.2 Å². The minimum Gasteiger partial charge on any atom is -0.328 e. The summed E-state index contributed by atoms with van der Waals surface area (Å²) >= 11 is 0. The number of hydrogen-bond acceptors (Lipinski definition) is 3. The van der Waals surface area contributed by atoms with Gasteiger partial charge in [-0.1, -0.05) is 0 Å². The van der Waals surface area contributed by atoms with Crippen molar-refractivity contribution < 1.29 is 9.63 Å². The van der Waals surface area contributed by atoms with Crippen LogP contribution in [0.25, 0.3) is 0 Å². The van der Waals surface area contributed by atoms with Crippen LogP contribution in [-0.2, 0) is 9.63 Å². The molecule has 12 heavy (non-hydrogen) atoms. The van der Waals surface area contributed by atoms with Gasteiger partial charge in [0.1, 0.15) is 0 Å². The van der Waals surface area contributed by atoms with Crippen LogP contribution in [0.1, 0.15) is 26.2 Å². The number of carbonyl (C=O) groups excluding carboxylic acids is 1. The Hall–Kier alpha value is -0.610. The molecule has 1 unspecified atom stereocenters. The molecule has 0 saturated heterocycles. The Bertz CT molecular complexity index is 137. The minimum absolute atomic E-state index is 0.00171. The van der Waals surface area contributed by atoms with Crippen molar-refractivity contribution in [2.75, 3.05) is 14.2 Å². The summed E-state index contributed by atoms with van der Waals surface area (Å²) in [6, 6.07) is 0.172. The second-order valence-corrected chi connectivity index (χ2v) is 2.94. The van der Waals surface area contributed by atoms with E-state index in [1.54, 1.807) is 7.05 Å². The Kier molecular flexibility index (Phi) is 5.66. The van der Waals surface area contributed by atoms with Gasteiger partial charge in [-0.15, -0.1) is 0 Å². The average molecular weight is 174 g/mol. The second kappa shape index (κ2) is 5.97. The summed E-state index contributed by atoms with van der Waals surface area (Å²) in [5.74, 6) is -0.00171. The number of carbonyl (C=O) groups is 1. The average Bonchev–Trinajstić information content (AvgIpc) is 2.02. The summed E-state index contributed by atoms with van der Waals surface area (Å²) in [7, 11) is 3.08. The first kappa shape index (κ1) is 11.4. The van der Waals surface area contributed by atoms with E-state index >= 15 is 0 Å². The summed E-state index contributed by atoms with van der Waals surface area (Å²) in [5, 5.41) is 1.24. The summed E-state index contributed by atoms with van der Waals surface area (Å²) < 4.78 is 0. The SMILES string of the molecule is CON(C)C(=O)CCCC(C)N. The molecule has 4 nitrogen and oxygen atoms in total. The fourth-order valence-electron chi connectivity index (χ4n) is 0.835. The van der Waals surface area contributed by atoms with Crippen molar-refractivity contribution in [3.8, 4) is 0 Å². The second-order valence-electron chi connectivity index (χ2n) is 2.94. The van der Waals surface area contributed by atoms with Gasteiger partial charge < -0.3 is 5.73 Å². The van der Waals surface area contributed by atoms with Crippen molar-refractivity contribution >= 4 is 5.91 Å². The van der Waals surface area contributed by atoms with Crippen LogP contribution in [0.2, 0.25) is 0 Å². The van der Waals surface area contributed by atoms with E-state index < -0.39 is 0 Å². The van der Waals surface area contributed by atoms with Crippen LogP contribution in [0.3, 0.4) is 0 Å². The predicted octanol–water partition coefficient (Wildman–Crippen LogP) is 0.524. The van der Waals surface area contributed by atoms with E-state index in [1.807, 2.05) is 6.92 Å². The third kappa shape index (κ3) is 5.09. The first-order chi connectivity index (χ1) is 5.57. The van der Waals surface area contributed by atoms with Crippen molar-refractivity contribution in [3.05, 3.63) is 0 Å². The number of hydroxylamine groups is 2. The quantitative estimate of drug-likeness (QED) is 0.618. The van der Waals surface area contributed by atoms with Crippen molar-refractivity contribution in [3.63, 3.8) is 0 Å². The molecule has 0 bridgehead atoms. The number of nitrogens with two attached hydrogens (primary N) is 1. The maximum atomic E-state index is 11.1. The zero-order chi connectivity index (χ0) is 9.56. The van der Waals surface area contributed by atoms with Crippen LogP contribution in [0.4, 0.5) is 0 Å². The highest BCUT2D eigenvalue weighted by molar-refractivity contribution is 5.74. The lowest BCUT2D eigenvalue weighted by molar-refractivity contribution is -0.168. The molecule has 0 spiro atoms. The van der Waals surface area contributed by atoms with Gasteiger partial charge in [0.05, 0.1) is 7.11 Å². The summed E-state index contributed by atoms with van der Waals surface area (Å²) in [6.45, 7) is 1.94. The smallest absolute Gasteiger partial charge is 0.245 e. The fraction of sp³-hybridized carbons (Fsp3) is 0.875. The molecule has 0 aliphatic heterocycles. The first-order valence-electron chi connectivity index (χ1n) is 4.14. The molecule has 0 radical (unpaired) electrons. The largest absolute Gasteiger partial charge is 0.328 e.